The van der Waals surface area contributed by atoms with E-state index in [-0.39, 0.29) is 17.5 Å². The first kappa shape index (κ1) is 21.0. The zero-order valence-corrected chi connectivity index (χ0v) is 17.8. The van der Waals surface area contributed by atoms with Gasteiger partial charge in [-0.05, 0) is 37.7 Å². The Hall–Kier alpha value is -3.26. The molecular weight excluding hydrogens is 397 g/mol. The van der Waals surface area contributed by atoms with Crippen molar-refractivity contribution in [1.29, 1.82) is 0 Å². The Balaban J connectivity index is 1.69. The zero-order valence-electron chi connectivity index (χ0n) is 17.8. The third kappa shape index (κ3) is 4.29. The lowest BCUT2D eigenvalue weighted by Crippen LogP contribution is -2.44. The van der Waals surface area contributed by atoms with Crippen LogP contribution in [0.3, 0.4) is 0 Å². The molecule has 0 saturated carbocycles. The molecule has 162 valence electrons. The van der Waals surface area contributed by atoms with E-state index in [2.05, 4.69) is 15.2 Å². The van der Waals surface area contributed by atoms with Crippen molar-refractivity contribution in [3.8, 4) is 0 Å². The number of carbonyl (C=O) groups excluding carboxylic acids is 1. The molecule has 4 rings (SSSR count). The monoisotopic (exact) mass is 423 g/mol. The van der Waals surface area contributed by atoms with Gasteiger partial charge in [-0.25, -0.2) is 4.39 Å². The van der Waals surface area contributed by atoms with Gasteiger partial charge in [-0.2, -0.15) is 0 Å². The number of aryl methyl sites for hydroxylation is 1. The Kier molecular flexibility index (Phi) is 5.99. The fourth-order valence-electron chi connectivity index (χ4n) is 3.89. The third-order valence-corrected chi connectivity index (χ3v) is 5.75. The number of hydrogen-bond donors (Lipinski definition) is 1. The maximum Gasteiger partial charge on any atom is 0.257 e. The zero-order chi connectivity index (χ0) is 22.0. The molecule has 1 amide bonds. The lowest BCUT2D eigenvalue weighted by atomic mass is 10.1. The van der Waals surface area contributed by atoms with E-state index in [0.29, 0.717) is 17.7 Å². The van der Waals surface area contributed by atoms with Crippen molar-refractivity contribution < 1.29 is 9.18 Å². The van der Waals surface area contributed by atoms with Gasteiger partial charge in [0, 0.05) is 63.2 Å². The maximum absolute atomic E-state index is 15.0. The highest BCUT2D eigenvalue weighted by molar-refractivity contribution is 5.97. The molecule has 2 aromatic heterocycles. The van der Waals surface area contributed by atoms with Crippen LogP contribution in [0.5, 0.6) is 0 Å². The lowest BCUT2D eigenvalue weighted by molar-refractivity contribution is 0.0949. The maximum atomic E-state index is 15.0. The minimum atomic E-state index is -0.485. The van der Waals surface area contributed by atoms with Crippen molar-refractivity contribution in [2.24, 2.45) is 0 Å². The molecule has 0 atom stereocenters. The number of nitrogens with zero attached hydrogens (tertiary/aromatic N) is 4. The standard InChI is InChI=1S/C23H26FN5O2/c1-3-28-15-18(23(31)26-14-16-5-4-6-25-13-16)22(30)17-11-19(24)21(12-20(17)28)29-9-7-27(2)8-10-29/h4-6,11-13,15H,3,7-10,14H2,1-2H3,(H,26,31). The molecule has 0 bridgehead atoms. The van der Waals surface area contributed by atoms with E-state index in [4.69, 9.17) is 0 Å². The van der Waals surface area contributed by atoms with Crippen molar-refractivity contribution >= 4 is 22.5 Å². The largest absolute Gasteiger partial charge is 0.367 e. The SMILES string of the molecule is CCn1cc(C(=O)NCc2cccnc2)c(=O)c2cc(F)c(N3CCN(C)CC3)cc21. The van der Waals surface area contributed by atoms with Crippen LogP contribution >= 0.6 is 0 Å². The van der Waals surface area contributed by atoms with Crippen molar-refractivity contribution in [3.63, 3.8) is 0 Å². The summed E-state index contributed by atoms with van der Waals surface area (Å²) in [6, 6.07) is 6.63. The van der Waals surface area contributed by atoms with E-state index in [1.54, 1.807) is 30.7 Å². The first-order valence-corrected chi connectivity index (χ1v) is 10.4. The van der Waals surface area contributed by atoms with Gasteiger partial charge in [0.2, 0.25) is 5.43 Å². The second-order valence-electron chi connectivity index (χ2n) is 7.81. The van der Waals surface area contributed by atoms with Crippen molar-refractivity contribution in [2.45, 2.75) is 20.0 Å². The second-order valence-corrected chi connectivity index (χ2v) is 7.81. The van der Waals surface area contributed by atoms with E-state index in [1.807, 2.05) is 29.5 Å². The molecule has 1 saturated heterocycles. The van der Waals surface area contributed by atoms with Crippen molar-refractivity contribution in [2.75, 3.05) is 38.1 Å². The summed E-state index contributed by atoms with van der Waals surface area (Å²) in [7, 11) is 2.05. The molecule has 7 nitrogen and oxygen atoms in total. The fourth-order valence-corrected chi connectivity index (χ4v) is 3.89. The molecule has 1 aromatic carbocycles. The summed E-state index contributed by atoms with van der Waals surface area (Å²) >= 11 is 0. The summed E-state index contributed by atoms with van der Waals surface area (Å²) in [4.78, 5) is 34.0. The van der Waals surface area contributed by atoms with Gasteiger partial charge in [-0.3, -0.25) is 14.6 Å². The predicted octanol–water partition coefficient (Wildman–Crippen LogP) is 2.24. The van der Waals surface area contributed by atoms with Crippen LogP contribution < -0.4 is 15.6 Å². The van der Waals surface area contributed by atoms with E-state index >= 15 is 4.39 Å². The number of piperazine rings is 1. The number of fused-ring (bicyclic) bond motifs is 1. The van der Waals surface area contributed by atoms with Crippen LogP contribution in [0, 0.1) is 5.82 Å². The molecule has 0 unspecified atom stereocenters. The van der Waals surface area contributed by atoms with Crippen LogP contribution in [0.15, 0.2) is 47.7 Å². The molecule has 3 aromatic rings. The van der Waals surface area contributed by atoms with Gasteiger partial charge < -0.3 is 19.7 Å². The number of carbonyl (C=O) groups is 1. The number of nitrogens with one attached hydrogen (secondary N) is 1. The van der Waals surface area contributed by atoms with Gasteiger partial charge >= 0.3 is 0 Å². The normalized spacial score (nSPS) is 14.7. The molecule has 1 N–H and O–H groups in total. The number of halogens is 1. The Morgan fingerprint density at radius 2 is 2.00 bits per heavy atom. The third-order valence-electron chi connectivity index (χ3n) is 5.75. The minimum absolute atomic E-state index is 0.00462. The van der Waals surface area contributed by atoms with Crippen LogP contribution in [0.2, 0.25) is 0 Å². The van der Waals surface area contributed by atoms with Crippen LogP contribution in [-0.4, -0.2) is 53.6 Å². The topological polar surface area (TPSA) is 70.5 Å². The number of amides is 1. The molecule has 0 spiro atoms. The summed E-state index contributed by atoms with van der Waals surface area (Å²) in [6.07, 6.45) is 4.87. The quantitative estimate of drug-likeness (QED) is 0.682. The van der Waals surface area contributed by atoms with Crippen LogP contribution in [0.1, 0.15) is 22.8 Å². The van der Waals surface area contributed by atoms with Gasteiger partial charge in [0.1, 0.15) is 11.4 Å². The number of anilines is 1. The predicted molar refractivity (Wildman–Crippen MR) is 119 cm³/mol. The molecule has 8 heteroatoms. The van der Waals surface area contributed by atoms with Crippen molar-refractivity contribution in [1.82, 2.24) is 19.8 Å². The summed E-state index contributed by atoms with van der Waals surface area (Å²) < 4.78 is 16.8. The van der Waals surface area contributed by atoms with E-state index < -0.39 is 17.2 Å². The Labute approximate surface area is 180 Å². The first-order chi connectivity index (χ1) is 15.0. The second kappa shape index (κ2) is 8.85. The van der Waals surface area contributed by atoms with Gasteiger partial charge in [0.25, 0.3) is 5.91 Å². The Bertz CT molecular complexity index is 1150. The molecule has 31 heavy (non-hydrogen) atoms. The van der Waals surface area contributed by atoms with Gasteiger partial charge in [0.15, 0.2) is 0 Å². The molecule has 0 radical (unpaired) electrons. The number of hydrogen-bond acceptors (Lipinski definition) is 5. The summed E-state index contributed by atoms with van der Waals surface area (Å²) in [5.74, 6) is -0.925. The van der Waals surface area contributed by atoms with Gasteiger partial charge in [-0.15, -0.1) is 0 Å². The highest BCUT2D eigenvalue weighted by atomic mass is 19.1. The molecule has 0 aliphatic carbocycles. The number of benzene rings is 1. The van der Waals surface area contributed by atoms with Gasteiger partial charge in [0.05, 0.1) is 11.2 Å². The number of pyridine rings is 2. The van der Waals surface area contributed by atoms with Crippen LogP contribution in [0.4, 0.5) is 10.1 Å². The number of aromatic nitrogens is 2. The average molecular weight is 423 g/mol. The molecular formula is C23H26FN5O2. The Morgan fingerprint density at radius 3 is 2.68 bits per heavy atom. The molecule has 3 heterocycles. The number of rotatable bonds is 5. The lowest BCUT2D eigenvalue weighted by Gasteiger charge is -2.34. The minimum Gasteiger partial charge on any atom is -0.367 e. The highest BCUT2D eigenvalue weighted by Gasteiger charge is 2.21. The molecule has 1 aliphatic rings. The van der Waals surface area contributed by atoms with Crippen LogP contribution in [-0.2, 0) is 13.1 Å². The summed E-state index contributed by atoms with van der Waals surface area (Å²) in [6.45, 7) is 5.90. The van der Waals surface area contributed by atoms with E-state index in [0.717, 1.165) is 31.7 Å². The summed E-state index contributed by atoms with van der Waals surface area (Å²) in [5, 5.41) is 2.97. The van der Waals surface area contributed by atoms with E-state index in [1.165, 1.54) is 6.07 Å². The van der Waals surface area contributed by atoms with Crippen molar-refractivity contribution in [3.05, 3.63) is 70.0 Å². The molecule has 1 fully saturated rings. The van der Waals surface area contributed by atoms with Crippen LogP contribution in [0.25, 0.3) is 10.9 Å². The van der Waals surface area contributed by atoms with E-state index in [9.17, 15) is 9.59 Å². The highest BCUT2D eigenvalue weighted by Crippen LogP contribution is 2.26. The molecule has 1 aliphatic heterocycles. The average Bonchev–Trinajstić information content (AvgIpc) is 2.79. The number of likely N-dealkylation sites (N-methyl/N-ethyl adjacent to an activating group) is 1. The first-order valence-electron chi connectivity index (χ1n) is 10.4. The fraction of sp³-hybridized carbons (Fsp3) is 0.348. The van der Waals surface area contributed by atoms with Gasteiger partial charge in [-0.1, -0.05) is 6.07 Å². The summed E-state index contributed by atoms with van der Waals surface area (Å²) in [5.41, 5.74) is 1.50. The smallest absolute Gasteiger partial charge is 0.257 e. The Morgan fingerprint density at radius 1 is 1.23 bits per heavy atom.